The molecule has 0 atom stereocenters. The van der Waals surface area contributed by atoms with Crippen LogP contribution in [-0.4, -0.2) is 39.2 Å². The molecule has 126 valence electrons. The highest BCUT2D eigenvalue weighted by atomic mass is 79.9. The highest BCUT2D eigenvalue weighted by Gasteiger charge is 2.30. The summed E-state index contributed by atoms with van der Waals surface area (Å²) in [7, 11) is 0. The molecule has 2 heterocycles. The number of halogens is 1. The monoisotopic (exact) mass is 389 g/mol. The Morgan fingerprint density at radius 2 is 2.00 bits per heavy atom. The lowest BCUT2D eigenvalue weighted by Gasteiger charge is -2.31. The Morgan fingerprint density at radius 1 is 1.21 bits per heavy atom. The molecule has 1 aromatic heterocycles. The van der Waals surface area contributed by atoms with Crippen LogP contribution in [0.15, 0.2) is 28.7 Å². The van der Waals surface area contributed by atoms with E-state index in [1.54, 1.807) is 0 Å². The van der Waals surface area contributed by atoms with E-state index in [4.69, 9.17) is 0 Å². The predicted octanol–water partition coefficient (Wildman–Crippen LogP) is 3.86. The molecule has 7 heteroatoms. The van der Waals surface area contributed by atoms with Gasteiger partial charge in [0.25, 0.3) is 0 Å². The van der Waals surface area contributed by atoms with Crippen LogP contribution in [0.2, 0.25) is 0 Å². The molecule has 1 saturated carbocycles. The van der Waals surface area contributed by atoms with Crippen molar-refractivity contribution in [3.63, 3.8) is 0 Å². The maximum Gasteiger partial charge on any atom is 0.321 e. The molecule has 2 aliphatic rings. The topological polar surface area (TPSA) is 73.9 Å². The van der Waals surface area contributed by atoms with Crippen molar-refractivity contribution in [2.45, 2.75) is 37.5 Å². The Labute approximate surface area is 149 Å². The van der Waals surface area contributed by atoms with E-state index in [-0.39, 0.29) is 6.03 Å². The fourth-order valence-electron chi connectivity index (χ4n) is 3.12. The van der Waals surface area contributed by atoms with E-state index in [9.17, 15) is 4.79 Å². The first kappa shape index (κ1) is 15.6. The highest BCUT2D eigenvalue weighted by molar-refractivity contribution is 9.10. The number of anilines is 1. The van der Waals surface area contributed by atoms with Crippen LogP contribution >= 0.6 is 15.9 Å². The Bertz CT molecular complexity index is 734. The summed E-state index contributed by atoms with van der Waals surface area (Å²) in [6, 6.07) is 7.60. The van der Waals surface area contributed by atoms with Crippen molar-refractivity contribution in [2.24, 2.45) is 0 Å². The molecular weight excluding hydrogens is 370 g/mol. The van der Waals surface area contributed by atoms with Gasteiger partial charge in [-0.25, -0.2) is 9.78 Å². The molecule has 0 spiro atoms. The highest BCUT2D eigenvalue weighted by Crippen LogP contribution is 2.38. The first-order valence-corrected chi connectivity index (χ1v) is 9.22. The molecule has 1 aliphatic carbocycles. The number of benzene rings is 1. The number of aromatic nitrogens is 3. The average Bonchev–Trinajstić information content (AvgIpc) is 3.32. The molecule has 4 rings (SSSR count). The van der Waals surface area contributed by atoms with Gasteiger partial charge in [0, 0.05) is 35.1 Å². The number of aromatic amines is 1. The van der Waals surface area contributed by atoms with Gasteiger partial charge in [-0.1, -0.05) is 22.0 Å². The summed E-state index contributed by atoms with van der Waals surface area (Å²) in [5, 5.41) is 10.4. The average molecular weight is 390 g/mol. The minimum absolute atomic E-state index is 0.0391. The smallest absolute Gasteiger partial charge is 0.321 e. The zero-order chi connectivity index (χ0) is 16.5. The summed E-state index contributed by atoms with van der Waals surface area (Å²) >= 11 is 3.42. The van der Waals surface area contributed by atoms with Crippen molar-refractivity contribution in [2.75, 3.05) is 18.4 Å². The van der Waals surface area contributed by atoms with Crippen LogP contribution in [0, 0.1) is 0 Å². The molecule has 2 aromatic rings. The SMILES string of the molecule is O=C(Nc1cccc(Br)c1)N1CCC(c2nc(C3CC3)n[nH]2)CC1. The van der Waals surface area contributed by atoms with E-state index in [1.165, 1.54) is 12.8 Å². The Balaban J connectivity index is 1.32. The molecule has 1 aliphatic heterocycles. The second kappa shape index (κ2) is 6.55. The molecule has 2 N–H and O–H groups in total. The summed E-state index contributed by atoms with van der Waals surface area (Å²) in [6.07, 6.45) is 4.27. The standard InChI is InChI=1S/C17H20BrN5O/c18-13-2-1-3-14(10-13)19-17(24)23-8-6-12(7-9-23)16-20-15(21-22-16)11-4-5-11/h1-3,10-12H,4-9H2,(H,19,24)(H,20,21,22). The second-order valence-electron chi connectivity index (χ2n) is 6.55. The predicted molar refractivity (Wildman–Crippen MR) is 95.1 cm³/mol. The lowest BCUT2D eigenvalue weighted by molar-refractivity contribution is 0.193. The third-order valence-corrected chi connectivity index (χ3v) is 5.20. The largest absolute Gasteiger partial charge is 0.324 e. The van der Waals surface area contributed by atoms with Crippen molar-refractivity contribution in [3.8, 4) is 0 Å². The van der Waals surface area contributed by atoms with Crippen molar-refractivity contribution >= 4 is 27.6 Å². The zero-order valence-corrected chi connectivity index (χ0v) is 14.9. The quantitative estimate of drug-likeness (QED) is 0.836. The molecule has 0 unspecified atom stereocenters. The molecule has 2 fully saturated rings. The van der Waals surface area contributed by atoms with Crippen LogP contribution in [0.25, 0.3) is 0 Å². The number of nitrogens with one attached hydrogen (secondary N) is 2. The van der Waals surface area contributed by atoms with Gasteiger partial charge in [-0.05, 0) is 43.9 Å². The van der Waals surface area contributed by atoms with E-state index in [0.29, 0.717) is 11.8 Å². The van der Waals surface area contributed by atoms with Crippen LogP contribution in [-0.2, 0) is 0 Å². The van der Waals surface area contributed by atoms with E-state index >= 15 is 0 Å². The number of piperidine rings is 1. The minimum atomic E-state index is -0.0391. The van der Waals surface area contributed by atoms with Crippen molar-refractivity contribution in [3.05, 3.63) is 40.4 Å². The summed E-state index contributed by atoms with van der Waals surface area (Å²) in [4.78, 5) is 18.9. The molecular formula is C17H20BrN5O. The van der Waals surface area contributed by atoms with E-state index < -0.39 is 0 Å². The fraction of sp³-hybridized carbons (Fsp3) is 0.471. The minimum Gasteiger partial charge on any atom is -0.324 e. The van der Waals surface area contributed by atoms with Gasteiger partial charge in [0.2, 0.25) is 0 Å². The van der Waals surface area contributed by atoms with Crippen LogP contribution in [0.1, 0.15) is 49.2 Å². The third-order valence-electron chi connectivity index (χ3n) is 4.71. The van der Waals surface area contributed by atoms with Gasteiger partial charge in [0.05, 0.1) is 0 Å². The van der Waals surface area contributed by atoms with Crippen LogP contribution in [0.5, 0.6) is 0 Å². The maximum absolute atomic E-state index is 12.4. The lowest BCUT2D eigenvalue weighted by Crippen LogP contribution is -2.40. The van der Waals surface area contributed by atoms with Gasteiger partial charge >= 0.3 is 6.03 Å². The molecule has 1 aromatic carbocycles. The molecule has 1 saturated heterocycles. The summed E-state index contributed by atoms with van der Waals surface area (Å²) in [6.45, 7) is 1.48. The fourth-order valence-corrected chi connectivity index (χ4v) is 3.52. The number of carbonyl (C=O) groups is 1. The maximum atomic E-state index is 12.4. The number of rotatable bonds is 3. The summed E-state index contributed by atoms with van der Waals surface area (Å²) in [5.41, 5.74) is 0.806. The van der Waals surface area contributed by atoms with Crippen LogP contribution in [0.4, 0.5) is 10.5 Å². The molecule has 6 nitrogen and oxygen atoms in total. The first-order valence-electron chi connectivity index (χ1n) is 8.43. The Hall–Kier alpha value is -1.89. The van der Waals surface area contributed by atoms with Crippen molar-refractivity contribution in [1.29, 1.82) is 0 Å². The number of likely N-dealkylation sites (tertiary alicyclic amines) is 1. The van der Waals surface area contributed by atoms with Crippen molar-refractivity contribution in [1.82, 2.24) is 20.1 Å². The normalized spacial score (nSPS) is 18.6. The molecule has 2 amide bonds. The summed E-state index contributed by atoms with van der Waals surface area (Å²) in [5.74, 6) is 2.91. The number of nitrogens with zero attached hydrogens (tertiary/aromatic N) is 3. The lowest BCUT2D eigenvalue weighted by atomic mass is 9.96. The first-order chi connectivity index (χ1) is 11.7. The Morgan fingerprint density at radius 3 is 2.71 bits per heavy atom. The van der Waals surface area contributed by atoms with Crippen LogP contribution in [0.3, 0.4) is 0 Å². The van der Waals surface area contributed by atoms with Crippen molar-refractivity contribution < 1.29 is 4.79 Å². The number of urea groups is 1. The van der Waals surface area contributed by atoms with Gasteiger partial charge < -0.3 is 10.2 Å². The number of carbonyl (C=O) groups excluding carboxylic acids is 1. The van der Waals surface area contributed by atoms with Crippen LogP contribution < -0.4 is 5.32 Å². The van der Waals surface area contributed by atoms with E-state index in [0.717, 1.165) is 47.7 Å². The van der Waals surface area contributed by atoms with Gasteiger partial charge in [-0.2, -0.15) is 5.10 Å². The van der Waals surface area contributed by atoms with Gasteiger partial charge in [0.1, 0.15) is 5.82 Å². The number of H-pyrrole nitrogens is 1. The van der Waals surface area contributed by atoms with E-state index in [1.807, 2.05) is 29.2 Å². The molecule has 24 heavy (non-hydrogen) atoms. The number of hydrogen-bond acceptors (Lipinski definition) is 3. The van der Waals surface area contributed by atoms with Gasteiger partial charge in [0.15, 0.2) is 5.82 Å². The Kier molecular flexibility index (Phi) is 4.26. The van der Waals surface area contributed by atoms with Gasteiger partial charge in [-0.3, -0.25) is 5.10 Å². The summed E-state index contributed by atoms with van der Waals surface area (Å²) < 4.78 is 0.954. The molecule has 0 bridgehead atoms. The number of amides is 2. The third kappa shape index (κ3) is 3.45. The second-order valence-corrected chi connectivity index (χ2v) is 7.47. The number of hydrogen-bond donors (Lipinski definition) is 2. The molecule has 0 radical (unpaired) electrons. The zero-order valence-electron chi connectivity index (χ0n) is 13.3. The van der Waals surface area contributed by atoms with Gasteiger partial charge in [-0.15, -0.1) is 0 Å². The van der Waals surface area contributed by atoms with E-state index in [2.05, 4.69) is 36.4 Å².